The van der Waals surface area contributed by atoms with Crippen LogP contribution in [0.4, 0.5) is 13.2 Å². The lowest BCUT2D eigenvalue weighted by Crippen LogP contribution is -2.40. The molecule has 1 aliphatic heterocycles. The molecular weight excluding hydrogens is 526 g/mol. The number of benzene rings is 1. The van der Waals surface area contributed by atoms with Crippen LogP contribution in [-0.2, 0) is 25.6 Å². The fourth-order valence-corrected chi connectivity index (χ4v) is 4.12. The van der Waals surface area contributed by atoms with Gasteiger partial charge in [-0.25, -0.2) is 4.98 Å². The van der Waals surface area contributed by atoms with Crippen LogP contribution in [0.2, 0.25) is 0 Å². The molecule has 0 unspecified atom stereocenters. The zero-order chi connectivity index (χ0) is 20.7. The first-order chi connectivity index (χ1) is 14.0. The van der Waals surface area contributed by atoms with E-state index in [4.69, 9.17) is 0 Å². The number of aromatic nitrogens is 1. The van der Waals surface area contributed by atoms with Crippen LogP contribution < -0.4 is 10.6 Å². The summed E-state index contributed by atoms with van der Waals surface area (Å²) in [6.45, 7) is 4.35. The van der Waals surface area contributed by atoms with Crippen molar-refractivity contribution < 1.29 is 13.2 Å². The minimum atomic E-state index is -4.38. The molecule has 1 aliphatic rings. The van der Waals surface area contributed by atoms with Gasteiger partial charge >= 0.3 is 6.18 Å². The van der Waals surface area contributed by atoms with Gasteiger partial charge in [-0.3, -0.25) is 9.89 Å². The third-order valence-corrected chi connectivity index (χ3v) is 5.76. The molecule has 0 bridgehead atoms. The van der Waals surface area contributed by atoms with Crippen LogP contribution in [0.3, 0.4) is 0 Å². The van der Waals surface area contributed by atoms with Gasteiger partial charge in [-0.15, -0.1) is 35.3 Å². The molecule has 0 saturated heterocycles. The first-order valence-corrected chi connectivity index (χ1v) is 10.6. The topological polar surface area (TPSA) is 52.6 Å². The Hall–Kier alpha value is -1.40. The van der Waals surface area contributed by atoms with Gasteiger partial charge in [0.1, 0.15) is 0 Å². The molecule has 2 heterocycles. The van der Waals surface area contributed by atoms with Crippen LogP contribution in [0.25, 0.3) is 0 Å². The summed E-state index contributed by atoms with van der Waals surface area (Å²) in [6, 6.07) is 8.60. The highest BCUT2D eigenvalue weighted by molar-refractivity contribution is 14.0. The Kier molecular flexibility index (Phi) is 9.82. The van der Waals surface area contributed by atoms with E-state index in [0.29, 0.717) is 23.9 Å². The van der Waals surface area contributed by atoms with E-state index in [1.54, 1.807) is 7.05 Å². The maximum Gasteiger partial charge on any atom is 0.434 e. The molecule has 0 radical (unpaired) electrons. The molecule has 0 aliphatic carbocycles. The smallest absolute Gasteiger partial charge is 0.356 e. The summed E-state index contributed by atoms with van der Waals surface area (Å²) in [5.74, 6) is 0.654. The predicted octanol–water partition coefficient (Wildman–Crippen LogP) is 3.94. The number of guanidine groups is 1. The van der Waals surface area contributed by atoms with Crippen LogP contribution in [0.15, 0.2) is 34.6 Å². The number of nitrogens with zero attached hydrogens (tertiary/aromatic N) is 3. The summed E-state index contributed by atoms with van der Waals surface area (Å²) in [6.07, 6.45) is -1.87. The second-order valence-electron chi connectivity index (χ2n) is 6.95. The minimum absolute atomic E-state index is 0. The molecule has 0 amide bonds. The van der Waals surface area contributed by atoms with Crippen molar-refractivity contribution in [2.75, 3.05) is 33.2 Å². The Morgan fingerprint density at radius 1 is 1.20 bits per heavy atom. The van der Waals surface area contributed by atoms with Crippen molar-refractivity contribution in [1.82, 2.24) is 20.5 Å². The van der Waals surface area contributed by atoms with Crippen LogP contribution in [0.1, 0.15) is 28.2 Å². The molecule has 3 rings (SSSR count). The summed E-state index contributed by atoms with van der Waals surface area (Å²) in [5, 5.41) is 7.91. The van der Waals surface area contributed by atoms with Crippen molar-refractivity contribution in [1.29, 1.82) is 0 Å². The number of nitrogens with one attached hydrogen (secondary N) is 2. The first kappa shape index (κ1) is 24.9. The lowest BCUT2D eigenvalue weighted by Gasteiger charge is -2.28. The van der Waals surface area contributed by atoms with Gasteiger partial charge in [-0.05, 0) is 24.0 Å². The zero-order valence-corrected chi connectivity index (χ0v) is 20.0. The summed E-state index contributed by atoms with van der Waals surface area (Å²) in [7, 11) is 1.68. The second kappa shape index (κ2) is 11.8. The molecule has 0 atom stereocenters. The van der Waals surface area contributed by atoms with E-state index < -0.39 is 11.9 Å². The Balaban J connectivity index is 0.00000320. The molecule has 30 heavy (non-hydrogen) atoms. The normalized spacial score (nSPS) is 14.7. The fourth-order valence-electron chi connectivity index (χ4n) is 3.32. The Labute approximate surface area is 196 Å². The number of aliphatic imine (C=N–C) groups is 1. The first-order valence-electron chi connectivity index (χ1n) is 9.71. The highest BCUT2D eigenvalue weighted by Gasteiger charge is 2.33. The minimum Gasteiger partial charge on any atom is -0.356 e. The standard InChI is InChI=1S/C20H26F3N5S.HI/c1-24-19(26-10-7-18-27-17(14-29-18)20(21,22)23)25-9-4-11-28-12-8-15-5-2-3-6-16(15)13-28;/h2-3,5-6,14H,4,7-13H2,1H3,(H2,24,25,26);1H. The van der Waals surface area contributed by atoms with Crippen LogP contribution in [0, 0.1) is 0 Å². The SMILES string of the molecule is CN=C(NCCCN1CCc2ccccc2C1)NCCc1nc(C(F)(F)F)cs1.I. The highest BCUT2D eigenvalue weighted by atomic mass is 127. The number of rotatable bonds is 7. The number of hydrogen-bond donors (Lipinski definition) is 2. The van der Waals surface area contributed by atoms with Gasteiger partial charge in [0.05, 0.1) is 5.01 Å². The average Bonchev–Trinajstić information content (AvgIpc) is 3.19. The van der Waals surface area contributed by atoms with E-state index in [1.807, 2.05) is 0 Å². The molecular formula is C20H27F3IN5S. The lowest BCUT2D eigenvalue weighted by atomic mass is 10.00. The van der Waals surface area contributed by atoms with Crippen LogP contribution in [-0.4, -0.2) is 49.1 Å². The number of fused-ring (bicyclic) bond motifs is 1. The molecule has 0 fully saturated rings. The van der Waals surface area contributed by atoms with Gasteiger partial charge in [-0.2, -0.15) is 13.2 Å². The summed E-state index contributed by atoms with van der Waals surface area (Å²) < 4.78 is 37.7. The monoisotopic (exact) mass is 553 g/mol. The third kappa shape index (κ3) is 7.38. The van der Waals surface area contributed by atoms with Crippen molar-refractivity contribution in [3.63, 3.8) is 0 Å². The van der Waals surface area contributed by atoms with E-state index in [2.05, 4.69) is 49.8 Å². The molecule has 5 nitrogen and oxygen atoms in total. The number of alkyl halides is 3. The van der Waals surface area contributed by atoms with E-state index in [1.165, 1.54) is 11.1 Å². The molecule has 10 heteroatoms. The second-order valence-corrected chi connectivity index (χ2v) is 7.89. The lowest BCUT2D eigenvalue weighted by molar-refractivity contribution is -0.140. The van der Waals surface area contributed by atoms with Crippen LogP contribution >= 0.6 is 35.3 Å². The van der Waals surface area contributed by atoms with E-state index in [-0.39, 0.29) is 24.0 Å². The average molecular weight is 553 g/mol. The maximum atomic E-state index is 12.6. The zero-order valence-electron chi connectivity index (χ0n) is 16.8. The molecule has 166 valence electrons. The van der Waals surface area contributed by atoms with Crippen molar-refractivity contribution in [3.05, 3.63) is 51.5 Å². The van der Waals surface area contributed by atoms with Gasteiger partial charge in [0.15, 0.2) is 11.7 Å². The quantitative estimate of drug-likeness (QED) is 0.236. The number of thiazole rings is 1. The van der Waals surface area contributed by atoms with E-state index >= 15 is 0 Å². The number of halogens is 4. The van der Waals surface area contributed by atoms with Crippen molar-refractivity contribution >= 4 is 41.3 Å². The Morgan fingerprint density at radius 2 is 1.93 bits per heavy atom. The largest absolute Gasteiger partial charge is 0.434 e. The summed E-state index contributed by atoms with van der Waals surface area (Å²) in [4.78, 5) is 10.3. The van der Waals surface area contributed by atoms with E-state index in [0.717, 1.165) is 55.7 Å². The Bertz CT molecular complexity index is 825. The van der Waals surface area contributed by atoms with Crippen LogP contribution in [0.5, 0.6) is 0 Å². The van der Waals surface area contributed by atoms with Gasteiger partial charge in [0.25, 0.3) is 0 Å². The maximum absolute atomic E-state index is 12.6. The number of hydrogen-bond acceptors (Lipinski definition) is 4. The predicted molar refractivity (Wildman–Crippen MR) is 126 cm³/mol. The molecule has 1 aromatic heterocycles. The van der Waals surface area contributed by atoms with Gasteiger partial charge in [0.2, 0.25) is 0 Å². The molecule has 0 saturated carbocycles. The Morgan fingerprint density at radius 3 is 2.63 bits per heavy atom. The van der Waals surface area contributed by atoms with Gasteiger partial charge < -0.3 is 10.6 Å². The van der Waals surface area contributed by atoms with Crippen molar-refractivity contribution in [2.24, 2.45) is 4.99 Å². The fraction of sp³-hybridized carbons (Fsp3) is 0.500. The van der Waals surface area contributed by atoms with E-state index in [9.17, 15) is 13.2 Å². The summed E-state index contributed by atoms with van der Waals surface area (Å²) >= 11 is 1.03. The van der Waals surface area contributed by atoms with Crippen molar-refractivity contribution in [3.8, 4) is 0 Å². The molecule has 0 spiro atoms. The molecule has 1 aromatic carbocycles. The highest BCUT2D eigenvalue weighted by Crippen LogP contribution is 2.30. The summed E-state index contributed by atoms with van der Waals surface area (Å²) in [5.41, 5.74) is 2.05. The van der Waals surface area contributed by atoms with Gasteiger partial charge in [0, 0.05) is 51.6 Å². The third-order valence-electron chi connectivity index (χ3n) is 4.85. The van der Waals surface area contributed by atoms with Gasteiger partial charge in [-0.1, -0.05) is 24.3 Å². The molecule has 2 N–H and O–H groups in total. The van der Waals surface area contributed by atoms with Crippen molar-refractivity contribution in [2.45, 2.75) is 32.0 Å². The molecule has 2 aromatic rings.